The number of aryl methyl sites for hydroxylation is 7. The zero-order valence-corrected chi connectivity index (χ0v) is 49.9. The smallest absolute Gasteiger partial charge is 0.416 e. The van der Waals surface area contributed by atoms with E-state index in [2.05, 4.69) is 68.7 Å². The van der Waals surface area contributed by atoms with E-state index in [0.717, 1.165) is 89.1 Å². The minimum absolute atomic E-state index is 0.0232. The van der Waals surface area contributed by atoms with Crippen LogP contribution in [0.1, 0.15) is 95.4 Å². The number of amides is 1. The molecule has 0 spiro atoms. The van der Waals surface area contributed by atoms with Crippen LogP contribution >= 0.6 is 0 Å². The van der Waals surface area contributed by atoms with Gasteiger partial charge in [0.15, 0.2) is 35.6 Å². The Bertz CT molecular complexity index is 3980. The lowest BCUT2D eigenvalue weighted by molar-refractivity contribution is -0.138. The Morgan fingerprint density at radius 1 is 0.667 bits per heavy atom. The zero-order valence-electron chi connectivity index (χ0n) is 49.9. The van der Waals surface area contributed by atoms with Gasteiger partial charge in [-0.15, -0.1) is 0 Å². The van der Waals surface area contributed by atoms with Crippen molar-refractivity contribution in [2.75, 3.05) is 25.0 Å². The summed E-state index contributed by atoms with van der Waals surface area (Å²) in [6.07, 6.45) is 0.0573. The van der Waals surface area contributed by atoms with Crippen LogP contribution in [0.4, 0.5) is 41.2 Å². The van der Waals surface area contributed by atoms with Crippen LogP contribution < -0.4 is 5.32 Å². The molecule has 5 aromatic heterocycles. The number of nitrogens with zero attached hydrogens (tertiary/aromatic N) is 5. The van der Waals surface area contributed by atoms with Crippen molar-refractivity contribution in [2.45, 2.75) is 113 Å². The Hall–Kier alpha value is -8.82. The van der Waals surface area contributed by atoms with Gasteiger partial charge in [-0.2, -0.15) is 26.3 Å². The molecule has 3 fully saturated rings. The number of rotatable bonds is 4. The molecule has 14 rings (SSSR count). The predicted octanol–water partition coefficient (Wildman–Crippen LogP) is 17.5. The first-order valence-corrected chi connectivity index (χ1v) is 28.0. The number of oxazole rings is 2. The van der Waals surface area contributed by atoms with Gasteiger partial charge < -0.3 is 32.1 Å². The van der Waals surface area contributed by atoms with E-state index in [9.17, 15) is 45.4 Å². The number of nitrogens with one attached hydrogen (secondary N) is 1. The normalized spacial score (nSPS) is 15.9. The molecule has 6 aromatic carbocycles. The Morgan fingerprint density at radius 3 is 1.71 bits per heavy atom. The monoisotopic (exact) mass is 1210 g/mol. The standard InChI is InChI=1S/C12H13NO3.C10H12N2.2C9H6F3NO.C9H7FO.C9H10O.C8H15NO/c1-3-15-12(14)13-10-7-16-11-5-4-8(2)6-9(10)11;1-3-12-7-11-9-5-4-8(2)6-10(9)12;2*1-5-2-8-7(13-4-14-8)3-6(5)9(10,11)12;1-6-2-3-9-7(4-6)8(10)5-11-9;1-7-4-3-5-9(6-7)8(2)10;1-6-4-7-2-3-9(6)5-8(7)10/h4-7H,3H2,1-2H3,(H,13,14);4-7H,3H2,1-2H3;2*2-4H,1H3;2-5H,1H3;3-6H,1-2H3;6-8,10H,2-5H2,1H3. The third-order valence-corrected chi connectivity index (χ3v) is 14.5. The number of halogens is 7. The van der Waals surface area contributed by atoms with E-state index in [1.165, 1.54) is 62.7 Å². The van der Waals surface area contributed by atoms with E-state index < -0.39 is 29.6 Å². The molecular weight excluding hydrogens is 1140 g/mol. The number of benzene rings is 6. The van der Waals surface area contributed by atoms with E-state index in [1.807, 2.05) is 75.6 Å². The molecule has 3 aliphatic rings. The molecule has 0 saturated carbocycles. The summed E-state index contributed by atoms with van der Waals surface area (Å²) in [5, 5.41) is 13.6. The molecule has 1 amide bonds. The average Bonchev–Trinajstić information content (AvgIpc) is 3.27. The molecule has 3 saturated heterocycles. The Kier molecular flexibility index (Phi) is 21.9. The van der Waals surface area contributed by atoms with Crippen LogP contribution in [0.25, 0.3) is 55.2 Å². The molecule has 2 N–H and O–H groups in total. The summed E-state index contributed by atoms with van der Waals surface area (Å²) in [5.41, 5.74) is 9.81. The molecule has 3 aliphatic heterocycles. The number of aliphatic hydroxyl groups excluding tert-OH is 1. The second kappa shape index (κ2) is 29.0. The van der Waals surface area contributed by atoms with E-state index in [1.54, 1.807) is 26.0 Å². The van der Waals surface area contributed by atoms with E-state index >= 15 is 0 Å². The maximum Gasteiger partial charge on any atom is 0.416 e. The lowest BCUT2D eigenvalue weighted by atomic mass is 9.82. The van der Waals surface area contributed by atoms with Crippen molar-refractivity contribution in [3.8, 4) is 0 Å². The second-order valence-electron chi connectivity index (χ2n) is 21.2. The number of hydrogen-bond donors (Lipinski definition) is 2. The molecule has 11 aromatic rings. The molecule has 4 atom stereocenters. The summed E-state index contributed by atoms with van der Waals surface area (Å²) in [6, 6.07) is 30.5. The number of alkyl halides is 6. The highest BCUT2D eigenvalue weighted by molar-refractivity contribution is 5.98. The number of Topliss-reactive ketones (excluding diaryl/α,β-unsaturated/α-hetero) is 1. The fourth-order valence-corrected chi connectivity index (χ4v) is 9.80. The van der Waals surface area contributed by atoms with Gasteiger partial charge in [0.05, 0.1) is 52.3 Å². The van der Waals surface area contributed by atoms with Gasteiger partial charge in [-0.25, -0.2) is 24.1 Å². The highest BCUT2D eigenvalue weighted by atomic mass is 19.4. The number of aromatic nitrogens is 4. The van der Waals surface area contributed by atoms with Crippen LogP contribution in [-0.4, -0.2) is 73.2 Å². The largest absolute Gasteiger partial charge is 0.462 e. The maximum atomic E-state index is 12.8. The molecule has 14 nitrogen and oxygen atoms in total. The first-order chi connectivity index (χ1) is 41.2. The van der Waals surface area contributed by atoms with Gasteiger partial charge in [0.25, 0.3) is 0 Å². The molecule has 8 heterocycles. The summed E-state index contributed by atoms with van der Waals surface area (Å²) < 4.78 is 114. The lowest BCUT2D eigenvalue weighted by Crippen LogP contribution is -2.54. The van der Waals surface area contributed by atoms with Crippen molar-refractivity contribution in [1.29, 1.82) is 0 Å². The van der Waals surface area contributed by atoms with Crippen LogP contribution in [-0.2, 0) is 23.6 Å². The molecule has 0 radical (unpaired) electrons. The van der Waals surface area contributed by atoms with E-state index in [0.29, 0.717) is 40.3 Å². The number of furan rings is 2. The van der Waals surface area contributed by atoms with Crippen LogP contribution in [0.2, 0.25) is 0 Å². The number of carbonyl (C=O) groups excluding carboxylic acids is 2. The van der Waals surface area contributed by atoms with Crippen molar-refractivity contribution in [3.63, 3.8) is 0 Å². The maximum absolute atomic E-state index is 12.8. The van der Waals surface area contributed by atoms with Crippen LogP contribution in [0.5, 0.6) is 0 Å². The molecule has 87 heavy (non-hydrogen) atoms. The number of carbonyl (C=O) groups is 2. The highest BCUT2D eigenvalue weighted by Gasteiger charge is 2.37. The zero-order chi connectivity index (χ0) is 63.3. The van der Waals surface area contributed by atoms with Gasteiger partial charge >= 0.3 is 18.4 Å². The number of anilines is 1. The molecular formula is C66H69F7N6O8. The summed E-state index contributed by atoms with van der Waals surface area (Å²) in [6.45, 7) is 22.0. The van der Waals surface area contributed by atoms with Gasteiger partial charge in [-0.3, -0.25) is 15.0 Å². The lowest BCUT2D eigenvalue weighted by Gasteiger charge is -2.46. The third-order valence-electron chi connectivity index (χ3n) is 14.5. The SMILES string of the molecule is CC(=O)c1cccc(C)c1.CC1CC2CCN1CC2O.CCOC(=O)Nc1coc2ccc(C)cc12.CCn1cnc2ccc(C)cc21.Cc1cc2ocnc2cc1C(F)(F)F.Cc1cc2ocnc2cc1C(F)(F)F.Cc1ccc2occ(F)c2c1. The first kappa shape index (κ1) is 65.7. The van der Waals surface area contributed by atoms with Crippen molar-refractivity contribution in [2.24, 2.45) is 5.92 Å². The fourth-order valence-electron chi connectivity index (χ4n) is 9.80. The van der Waals surface area contributed by atoms with Gasteiger partial charge in [-0.1, -0.05) is 53.1 Å². The van der Waals surface area contributed by atoms with Crippen molar-refractivity contribution in [3.05, 3.63) is 191 Å². The summed E-state index contributed by atoms with van der Waals surface area (Å²) in [4.78, 5) is 36.1. The summed E-state index contributed by atoms with van der Waals surface area (Å²) in [7, 11) is 0. The molecule has 2 bridgehead atoms. The number of hydrogen-bond acceptors (Lipinski definition) is 12. The minimum atomic E-state index is -4.34. The van der Waals surface area contributed by atoms with Crippen molar-refractivity contribution >= 4 is 72.7 Å². The molecule has 0 aliphatic carbocycles. The Labute approximate surface area is 497 Å². The number of ether oxygens (including phenoxy) is 1. The number of piperidine rings is 3. The number of aliphatic hydroxyl groups is 1. The first-order valence-electron chi connectivity index (χ1n) is 28.0. The van der Waals surface area contributed by atoms with E-state index in [4.69, 9.17) is 22.4 Å². The quantitative estimate of drug-likeness (QED) is 0.126. The highest BCUT2D eigenvalue weighted by Crippen LogP contribution is 2.36. The predicted molar refractivity (Wildman–Crippen MR) is 321 cm³/mol. The Balaban J connectivity index is 0.000000146. The van der Waals surface area contributed by atoms with Crippen molar-refractivity contribution < 1.29 is 67.8 Å². The van der Waals surface area contributed by atoms with Crippen LogP contribution in [0.15, 0.2) is 152 Å². The molecule has 4 unspecified atom stereocenters. The molecule has 21 heteroatoms. The number of imidazole rings is 1. The van der Waals surface area contributed by atoms with E-state index in [-0.39, 0.29) is 39.9 Å². The van der Waals surface area contributed by atoms with Crippen LogP contribution in [0.3, 0.4) is 0 Å². The van der Waals surface area contributed by atoms with Gasteiger partial charge in [0, 0.05) is 30.1 Å². The third kappa shape index (κ3) is 17.7. The summed E-state index contributed by atoms with van der Waals surface area (Å²) >= 11 is 0. The van der Waals surface area contributed by atoms with Gasteiger partial charge in [0.2, 0.25) is 0 Å². The van der Waals surface area contributed by atoms with Crippen LogP contribution in [0, 0.1) is 53.3 Å². The van der Waals surface area contributed by atoms with Crippen molar-refractivity contribution in [1.82, 2.24) is 24.4 Å². The number of fused-ring (bicyclic) bond motifs is 8. The minimum Gasteiger partial charge on any atom is -0.462 e. The second-order valence-corrected chi connectivity index (χ2v) is 21.2. The Morgan fingerprint density at radius 2 is 1.22 bits per heavy atom. The van der Waals surface area contributed by atoms with Gasteiger partial charge in [-0.05, 0) is 178 Å². The average molecular weight is 1210 g/mol. The summed E-state index contributed by atoms with van der Waals surface area (Å²) in [5.74, 6) is 0.451. The fraction of sp³-hybridized carbons (Fsp3) is 0.318. The topological polar surface area (TPSA) is 175 Å². The number of ketones is 1. The van der Waals surface area contributed by atoms with Gasteiger partial charge in [0.1, 0.15) is 34.7 Å². The molecule has 460 valence electrons.